The summed E-state index contributed by atoms with van der Waals surface area (Å²) in [5.74, 6) is 0. The van der Waals surface area contributed by atoms with Crippen molar-refractivity contribution in [3.8, 4) is 0 Å². The average molecular weight is 131 g/mol. The molecule has 3 heteroatoms. The van der Waals surface area contributed by atoms with Crippen molar-refractivity contribution in [3.05, 3.63) is 0 Å². The van der Waals surface area contributed by atoms with E-state index in [1.54, 1.807) is 0 Å². The second-order valence-corrected chi connectivity index (χ2v) is 2.99. The van der Waals surface area contributed by atoms with Gasteiger partial charge in [0.15, 0.2) is 0 Å². The van der Waals surface area contributed by atoms with Crippen LogP contribution in [0.5, 0.6) is 0 Å². The van der Waals surface area contributed by atoms with Crippen LogP contribution in [0.25, 0.3) is 0 Å². The van der Waals surface area contributed by atoms with Crippen LogP contribution in [0, 0.1) is 0 Å². The molecule has 0 aromatic heterocycles. The van der Waals surface area contributed by atoms with Crippen molar-refractivity contribution in [3.63, 3.8) is 0 Å². The maximum atomic E-state index is 3.24. The van der Waals surface area contributed by atoms with Crippen LogP contribution in [0.15, 0.2) is 0 Å². The van der Waals surface area contributed by atoms with Crippen molar-refractivity contribution in [1.82, 2.24) is 8.55 Å². The molecule has 0 aromatic rings. The molecule has 0 bridgehead atoms. The molecule has 0 aromatic carbocycles. The minimum absolute atomic E-state index is 0.139. The van der Waals surface area contributed by atoms with Crippen molar-refractivity contribution in [2.75, 3.05) is 13.1 Å². The Morgan fingerprint density at radius 1 is 1.20 bits per heavy atom. The molecule has 1 aliphatic heterocycles. The van der Waals surface area contributed by atoms with E-state index in [-0.39, 0.29) is 15.9 Å². The van der Waals surface area contributed by atoms with Crippen LogP contribution in [0.2, 0.25) is 0 Å². The van der Waals surface area contributed by atoms with Gasteiger partial charge in [0, 0.05) is 0 Å². The normalized spacial score (nSPS) is 24.0. The molecular weight excluding hydrogens is 125 g/mol. The molecule has 2 N–H and O–H groups in total. The number of hydrogen-bond acceptors (Lipinski definition) is 2. The summed E-state index contributed by atoms with van der Waals surface area (Å²) in [7, 11) is 0. The predicted octanol–water partition coefficient (Wildman–Crippen LogP) is -1.29. The Labute approximate surface area is 38.2 Å². The summed E-state index contributed by atoms with van der Waals surface area (Å²) < 4.78 is 6.47. The second-order valence-electron chi connectivity index (χ2n) is 0.979. The Balaban J connectivity index is 2.08. The van der Waals surface area contributed by atoms with E-state index in [1.165, 1.54) is 13.1 Å². The number of nitrogens with one attached hydrogen (secondary N) is 2. The molecule has 0 aliphatic carbocycles. The molecule has 0 amide bonds. The monoisotopic (exact) mass is 132 g/mol. The Morgan fingerprint density at radius 3 is 2.00 bits per heavy atom. The molecule has 28 valence electrons. The van der Waals surface area contributed by atoms with Crippen molar-refractivity contribution < 1.29 is 0 Å². The molecule has 1 rings (SSSR count). The Morgan fingerprint density at radius 2 is 1.80 bits per heavy atom. The van der Waals surface area contributed by atoms with Gasteiger partial charge in [-0.3, -0.25) is 0 Å². The zero-order valence-electron chi connectivity index (χ0n) is 2.91. The number of rotatable bonds is 0. The summed E-state index contributed by atoms with van der Waals surface area (Å²) in [6.45, 7) is 2.39. The standard InChI is InChI=1S/C2H6GeN2/c1-2-5-3-4-1/h4-5H,1-2H2. The molecule has 0 unspecified atom stereocenters. The summed E-state index contributed by atoms with van der Waals surface area (Å²) >= 11 is 0.139. The molecule has 2 nitrogen and oxygen atoms in total. The van der Waals surface area contributed by atoms with Crippen molar-refractivity contribution in [2.24, 2.45) is 0 Å². The first kappa shape index (κ1) is 3.65. The molecule has 1 aliphatic rings. The van der Waals surface area contributed by atoms with E-state index < -0.39 is 0 Å². The van der Waals surface area contributed by atoms with Gasteiger partial charge in [-0.25, -0.2) is 0 Å². The minimum atomic E-state index is 0.139. The fourth-order valence-corrected chi connectivity index (χ4v) is 1.62. The van der Waals surface area contributed by atoms with Gasteiger partial charge in [0.2, 0.25) is 0 Å². The predicted molar refractivity (Wildman–Crippen MR) is 21.8 cm³/mol. The van der Waals surface area contributed by atoms with Crippen LogP contribution in [0.3, 0.4) is 0 Å². The fourth-order valence-electron chi connectivity index (χ4n) is 0.312. The van der Waals surface area contributed by atoms with Gasteiger partial charge in [0.25, 0.3) is 0 Å². The van der Waals surface area contributed by atoms with Gasteiger partial charge in [0.1, 0.15) is 0 Å². The summed E-state index contributed by atoms with van der Waals surface area (Å²) in [6.07, 6.45) is 0. The molecule has 2 radical (unpaired) electrons. The Kier molecular flexibility index (Phi) is 1.31. The van der Waals surface area contributed by atoms with Crippen LogP contribution in [-0.4, -0.2) is 29.0 Å². The SMILES string of the molecule is C1C[NH][Ge][NH]1. The van der Waals surface area contributed by atoms with E-state index in [1.807, 2.05) is 0 Å². The molecule has 0 atom stereocenters. The van der Waals surface area contributed by atoms with Gasteiger partial charge in [-0.05, 0) is 0 Å². The Bertz CT molecular complexity index is 19.2. The number of hydrogen-bond donors (Lipinski definition) is 2. The zero-order valence-corrected chi connectivity index (χ0v) is 5.01. The van der Waals surface area contributed by atoms with E-state index in [0.717, 1.165) is 0 Å². The first-order valence-electron chi connectivity index (χ1n) is 1.71. The van der Waals surface area contributed by atoms with Crippen molar-refractivity contribution in [1.29, 1.82) is 0 Å². The van der Waals surface area contributed by atoms with E-state index in [9.17, 15) is 0 Å². The van der Waals surface area contributed by atoms with Crippen LogP contribution >= 0.6 is 0 Å². The van der Waals surface area contributed by atoms with Crippen LogP contribution < -0.4 is 8.55 Å². The first-order valence-corrected chi connectivity index (χ1v) is 3.81. The van der Waals surface area contributed by atoms with Crippen LogP contribution in [0.4, 0.5) is 0 Å². The molecule has 1 saturated heterocycles. The van der Waals surface area contributed by atoms with E-state index in [4.69, 9.17) is 0 Å². The van der Waals surface area contributed by atoms with Crippen LogP contribution in [0.1, 0.15) is 0 Å². The fraction of sp³-hybridized carbons (Fsp3) is 1.00. The van der Waals surface area contributed by atoms with Gasteiger partial charge >= 0.3 is 37.5 Å². The van der Waals surface area contributed by atoms with Gasteiger partial charge in [-0.1, -0.05) is 0 Å². The average Bonchev–Trinajstić information content (AvgIpc) is 1.76. The Hall–Kier alpha value is 0.463. The van der Waals surface area contributed by atoms with E-state index in [0.29, 0.717) is 0 Å². The topological polar surface area (TPSA) is 24.1 Å². The maximum absolute atomic E-state index is 3.24. The molecule has 0 spiro atoms. The summed E-state index contributed by atoms with van der Waals surface area (Å²) in [4.78, 5) is 0. The first-order chi connectivity index (χ1) is 2.50. The summed E-state index contributed by atoms with van der Waals surface area (Å²) in [5, 5.41) is 0. The second kappa shape index (κ2) is 1.79. The molecular formula is C2H6GeN2. The third-order valence-electron chi connectivity index (χ3n) is 0.552. The van der Waals surface area contributed by atoms with Crippen molar-refractivity contribution in [2.45, 2.75) is 0 Å². The van der Waals surface area contributed by atoms with E-state index in [2.05, 4.69) is 8.55 Å². The zero-order chi connectivity index (χ0) is 3.54. The molecule has 0 saturated carbocycles. The van der Waals surface area contributed by atoms with Gasteiger partial charge in [-0.2, -0.15) is 0 Å². The molecule has 1 heterocycles. The van der Waals surface area contributed by atoms with Gasteiger partial charge in [-0.15, -0.1) is 0 Å². The molecule has 1 fully saturated rings. The third-order valence-corrected chi connectivity index (χ3v) is 2.34. The van der Waals surface area contributed by atoms with Gasteiger partial charge in [0.05, 0.1) is 0 Å². The van der Waals surface area contributed by atoms with E-state index >= 15 is 0 Å². The van der Waals surface area contributed by atoms with Crippen LogP contribution in [-0.2, 0) is 0 Å². The summed E-state index contributed by atoms with van der Waals surface area (Å²) in [6, 6.07) is 0. The van der Waals surface area contributed by atoms with Crippen molar-refractivity contribution >= 4 is 15.9 Å². The van der Waals surface area contributed by atoms with Gasteiger partial charge < -0.3 is 0 Å². The quantitative estimate of drug-likeness (QED) is 0.399. The molecule has 5 heavy (non-hydrogen) atoms. The summed E-state index contributed by atoms with van der Waals surface area (Å²) in [5.41, 5.74) is 0. The third kappa shape index (κ3) is 0.907.